The number of rotatable bonds is 2. The number of carbonyl (C=O) groups is 1. The molecular formula is C12H16N2O2. The minimum Gasteiger partial charge on any atom is -0.324 e. The first-order chi connectivity index (χ1) is 7.66. The molecule has 1 aromatic rings. The average molecular weight is 220 g/mol. The number of amides is 1. The van der Waals surface area contributed by atoms with E-state index in [4.69, 9.17) is 4.84 Å². The summed E-state index contributed by atoms with van der Waals surface area (Å²) in [6.07, 6.45) is 3.09. The van der Waals surface area contributed by atoms with Crippen molar-refractivity contribution in [2.45, 2.75) is 19.3 Å². The van der Waals surface area contributed by atoms with Gasteiger partial charge in [-0.2, -0.15) is 0 Å². The van der Waals surface area contributed by atoms with E-state index in [1.807, 2.05) is 12.1 Å². The Morgan fingerprint density at radius 3 is 2.81 bits per heavy atom. The van der Waals surface area contributed by atoms with Gasteiger partial charge < -0.3 is 9.74 Å². The molecule has 0 unspecified atom stereocenters. The van der Waals surface area contributed by atoms with Crippen LogP contribution in [0.1, 0.15) is 17.5 Å². The minimum atomic E-state index is -0.402. The lowest BCUT2D eigenvalue weighted by Gasteiger charge is -2.12. The summed E-state index contributed by atoms with van der Waals surface area (Å²) in [7, 11) is 3.29. The summed E-state index contributed by atoms with van der Waals surface area (Å²) in [5.41, 5.74) is 6.25. The van der Waals surface area contributed by atoms with Crippen molar-refractivity contribution in [3.63, 3.8) is 0 Å². The van der Waals surface area contributed by atoms with Gasteiger partial charge in [0.15, 0.2) is 0 Å². The second-order valence-corrected chi connectivity index (χ2v) is 4.20. The third kappa shape index (κ3) is 2.27. The molecule has 1 amide bonds. The van der Waals surface area contributed by atoms with E-state index in [0.29, 0.717) is 0 Å². The molecule has 2 rings (SSSR count). The summed E-state index contributed by atoms with van der Waals surface area (Å²) >= 11 is 0. The third-order valence-corrected chi connectivity index (χ3v) is 2.72. The first kappa shape index (κ1) is 10.8. The van der Waals surface area contributed by atoms with Crippen molar-refractivity contribution in [2.24, 2.45) is 0 Å². The van der Waals surface area contributed by atoms with Gasteiger partial charge >= 0.3 is 6.09 Å². The Morgan fingerprint density at radius 1 is 1.31 bits per heavy atom. The molecule has 0 atom stereocenters. The van der Waals surface area contributed by atoms with Gasteiger partial charge in [0.2, 0.25) is 0 Å². The van der Waals surface area contributed by atoms with E-state index >= 15 is 0 Å². The zero-order valence-electron chi connectivity index (χ0n) is 9.62. The van der Waals surface area contributed by atoms with E-state index in [9.17, 15) is 4.79 Å². The molecule has 0 aromatic heterocycles. The minimum absolute atomic E-state index is 0.402. The lowest BCUT2D eigenvalue weighted by molar-refractivity contribution is 0.140. The number of nitrogens with zero attached hydrogens (tertiary/aromatic N) is 1. The lowest BCUT2D eigenvalue weighted by Crippen LogP contribution is -2.25. The predicted molar refractivity (Wildman–Crippen MR) is 62.3 cm³/mol. The van der Waals surface area contributed by atoms with E-state index < -0.39 is 6.09 Å². The Hall–Kier alpha value is -1.71. The molecular weight excluding hydrogens is 204 g/mol. The van der Waals surface area contributed by atoms with E-state index in [1.54, 1.807) is 14.1 Å². The van der Waals surface area contributed by atoms with Gasteiger partial charge in [-0.25, -0.2) is 10.3 Å². The summed E-state index contributed by atoms with van der Waals surface area (Å²) in [6, 6.07) is 6.08. The van der Waals surface area contributed by atoms with Gasteiger partial charge in [-0.15, -0.1) is 0 Å². The fourth-order valence-corrected chi connectivity index (χ4v) is 1.83. The summed E-state index contributed by atoms with van der Waals surface area (Å²) in [6.45, 7) is 0. The Morgan fingerprint density at radius 2 is 2.06 bits per heavy atom. The van der Waals surface area contributed by atoms with E-state index in [1.165, 1.54) is 22.4 Å². The summed E-state index contributed by atoms with van der Waals surface area (Å²) in [4.78, 5) is 17.5. The largest absolute Gasteiger partial charge is 0.433 e. The Kier molecular flexibility index (Phi) is 2.99. The van der Waals surface area contributed by atoms with Gasteiger partial charge in [0.25, 0.3) is 0 Å². The number of hydrogen-bond donors (Lipinski definition) is 1. The normalized spacial score (nSPS) is 13.1. The first-order valence-corrected chi connectivity index (χ1v) is 5.43. The highest BCUT2D eigenvalue weighted by Crippen LogP contribution is 2.24. The number of hydrogen-bond acceptors (Lipinski definition) is 3. The number of benzene rings is 1. The molecule has 1 N–H and O–H groups in total. The molecule has 1 aromatic carbocycles. The van der Waals surface area contributed by atoms with Crippen LogP contribution in [0.15, 0.2) is 18.2 Å². The number of aryl methyl sites for hydroxylation is 2. The number of anilines is 1. The molecule has 0 saturated heterocycles. The van der Waals surface area contributed by atoms with Crippen molar-refractivity contribution in [3.05, 3.63) is 29.3 Å². The highest BCUT2D eigenvalue weighted by atomic mass is 16.7. The molecule has 4 heteroatoms. The summed E-state index contributed by atoms with van der Waals surface area (Å²) < 4.78 is 0. The Bertz CT molecular complexity index is 402. The maximum absolute atomic E-state index is 11.2. The zero-order valence-corrected chi connectivity index (χ0v) is 9.62. The van der Waals surface area contributed by atoms with Crippen LogP contribution >= 0.6 is 0 Å². The lowest BCUT2D eigenvalue weighted by atomic mass is 10.1. The first-order valence-electron chi connectivity index (χ1n) is 5.43. The van der Waals surface area contributed by atoms with Crippen molar-refractivity contribution in [2.75, 3.05) is 19.6 Å². The van der Waals surface area contributed by atoms with Crippen molar-refractivity contribution in [1.29, 1.82) is 0 Å². The molecule has 0 fully saturated rings. The van der Waals surface area contributed by atoms with Gasteiger partial charge in [-0.05, 0) is 42.5 Å². The van der Waals surface area contributed by atoms with Crippen LogP contribution in [0.2, 0.25) is 0 Å². The molecule has 0 radical (unpaired) electrons. The van der Waals surface area contributed by atoms with Crippen LogP contribution in [0.4, 0.5) is 10.5 Å². The number of nitrogens with one attached hydrogen (secondary N) is 1. The van der Waals surface area contributed by atoms with Gasteiger partial charge in [-0.3, -0.25) is 0 Å². The molecule has 1 aliphatic rings. The van der Waals surface area contributed by atoms with Crippen molar-refractivity contribution in [3.8, 4) is 0 Å². The molecule has 0 spiro atoms. The monoisotopic (exact) mass is 220 g/mol. The molecule has 86 valence electrons. The van der Waals surface area contributed by atoms with Crippen LogP contribution in [-0.4, -0.2) is 25.1 Å². The quantitative estimate of drug-likeness (QED) is 0.777. The van der Waals surface area contributed by atoms with Crippen molar-refractivity contribution >= 4 is 11.8 Å². The maximum atomic E-state index is 11.2. The van der Waals surface area contributed by atoms with E-state index in [-0.39, 0.29) is 0 Å². The fraction of sp³-hybridized carbons (Fsp3) is 0.417. The van der Waals surface area contributed by atoms with Gasteiger partial charge in [-0.1, -0.05) is 6.07 Å². The van der Waals surface area contributed by atoms with E-state index in [2.05, 4.69) is 11.5 Å². The molecule has 0 heterocycles. The maximum Gasteiger partial charge on any atom is 0.433 e. The number of fused-ring (bicyclic) bond motifs is 1. The van der Waals surface area contributed by atoms with E-state index in [0.717, 1.165) is 18.5 Å². The van der Waals surface area contributed by atoms with Gasteiger partial charge in [0.05, 0.1) is 5.69 Å². The Labute approximate surface area is 95.2 Å². The van der Waals surface area contributed by atoms with Crippen LogP contribution in [0.5, 0.6) is 0 Å². The molecule has 1 aliphatic carbocycles. The molecule has 0 bridgehead atoms. The zero-order chi connectivity index (χ0) is 11.5. The van der Waals surface area contributed by atoms with Crippen molar-refractivity contribution in [1.82, 2.24) is 4.90 Å². The van der Waals surface area contributed by atoms with Crippen LogP contribution in [0.3, 0.4) is 0 Å². The smallest absolute Gasteiger partial charge is 0.324 e. The molecule has 0 aliphatic heterocycles. The highest BCUT2D eigenvalue weighted by molar-refractivity contribution is 5.68. The third-order valence-electron chi connectivity index (χ3n) is 2.72. The van der Waals surface area contributed by atoms with Crippen LogP contribution < -0.4 is 5.48 Å². The highest BCUT2D eigenvalue weighted by Gasteiger charge is 2.11. The average Bonchev–Trinajstić information content (AvgIpc) is 2.72. The number of carbonyl (C=O) groups excluding carboxylic acids is 1. The molecule has 0 saturated carbocycles. The predicted octanol–water partition coefficient (Wildman–Crippen LogP) is 2.20. The van der Waals surface area contributed by atoms with Gasteiger partial charge in [0.1, 0.15) is 0 Å². The second-order valence-electron chi connectivity index (χ2n) is 4.20. The second kappa shape index (κ2) is 4.43. The molecule has 16 heavy (non-hydrogen) atoms. The van der Waals surface area contributed by atoms with Crippen LogP contribution in [-0.2, 0) is 17.7 Å². The van der Waals surface area contributed by atoms with Gasteiger partial charge in [0, 0.05) is 14.1 Å². The van der Waals surface area contributed by atoms with Crippen LogP contribution in [0.25, 0.3) is 0 Å². The molecule has 4 nitrogen and oxygen atoms in total. The Balaban J connectivity index is 1.98. The SMILES string of the molecule is CN(C)C(=O)ONc1ccc2c(c1)CCC2. The topological polar surface area (TPSA) is 41.6 Å². The van der Waals surface area contributed by atoms with Crippen molar-refractivity contribution < 1.29 is 9.63 Å². The van der Waals surface area contributed by atoms with Crippen LogP contribution in [0, 0.1) is 0 Å². The fourth-order valence-electron chi connectivity index (χ4n) is 1.83. The summed E-state index contributed by atoms with van der Waals surface area (Å²) in [5.74, 6) is 0. The standard InChI is InChI=1S/C12H16N2O2/c1-14(2)12(15)16-13-11-7-6-9-4-3-5-10(9)8-11/h6-8,13H,3-5H2,1-2H3. The summed E-state index contributed by atoms with van der Waals surface area (Å²) in [5, 5.41) is 0.